The fourth-order valence-corrected chi connectivity index (χ4v) is 4.22. The molecule has 7 heteroatoms. The second-order valence-corrected chi connectivity index (χ2v) is 7.45. The van der Waals surface area contributed by atoms with E-state index in [-0.39, 0.29) is 5.91 Å². The van der Waals surface area contributed by atoms with Crippen molar-refractivity contribution in [1.82, 2.24) is 19.7 Å². The molecule has 3 rings (SSSR count). The highest BCUT2D eigenvalue weighted by molar-refractivity contribution is 7.22. The molecular formula is C20H27N5OS. The van der Waals surface area contributed by atoms with Crippen LogP contribution in [-0.2, 0) is 13.5 Å². The summed E-state index contributed by atoms with van der Waals surface area (Å²) in [6.45, 7) is 9.75. The van der Waals surface area contributed by atoms with Gasteiger partial charge in [-0.15, -0.1) is 0 Å². The summed E-state index contributed by atoms with van der Waals surface area (Å²) < 4.78 is 2.74. The lowest BCUT2D eigenvalue weighted by Gasteiger charge is -2.24. The number of benzene rings is 1. The number of carbonyl (C=O) groups excluding carboxylic acids is 1. The van der Waals surface area contributed by atoms with Crippen molar-refractivity contribution in [3.8, 4) is 0 Å². The number of hydrogen-bond acceptors (Lipinski definition) is 5. The molecule has 0 N–H and O–H groups in total. The van der Waals surface area contributed by atoms with Crippen molar-refractivity contribution in [3.05, 3.63) is 41.7 Å². The Bertz CT molecular complexity index is 912. The molecule has 0 aliphatic carbocycles. The first kappa shape index (κ1) is 19.5. The normalized spacial score (nSPS) is 11.4. The molecule has 27 heavy (non-hydrogen) atoms. The summed E-state index contributed by atoms with van der Waals surface area (Å²) in [5.74, 6) is -0.0562. The predicted octanol–water partition coefficient (Wildman–Crippen LogP) is 3.58. The van der Waals surface area contributed by atoms with E-state index < -0.39 is 0 Å². The Kier molecular flexibility index (Phi) is 6.23. The molecule has 1 aromatic carbocycles. The van der Waals surface area contributed by atoms with Crippen LogP contribution in [0, 0.1) is 0 Å². The molecule has 3 aromatic rings. The highest BCUT2D eigenvalue weighted by atomic mass is 32.1. The lowest BCUT2D eigenvalue weighted by molar-refractivity contribution is 0.0974. The third-order valence-electron chi connectivity index (χ3n) is 4.92. The van der Waals surface area contributed by atoms with Gasteiger partial charge in [0, 0.05) is 26.3 Å². The Morgan fingerprint density at radius 1 is 1.15 bits per heavy atom. The molecule has 0 spiro atoms. The van der Waals surface area contributed by atoms with Crippen molar-refractivity contribution in [3.63, 3.8) is 0 Å². The zero-order valence-corrected chi connectivity index (χ0v) is 17.3. The Morgan fingerprint density at radius 3 is 2.56 bits per heavy atom. The molecule has 0 fully saturated rings. The van der Waals surface area contributed by atoms with E-state index >= 15 is 0 Å². The molecule has 144 valence electrons. The van der Waals surface area contributed by atoms with Crippen LogP contribution in [0.15, 0.2) is 30.5 Å². The number of amides is 1. The molecule has 0 aliphatic rings. The molecule has 0 saturated heterocycles. The maximum absolute atomic E-state index is 13.3. The average Bonchev–Trinajstić information content (AvgIpc) is 3.30. The molecule has 6 nitrogen and oxygen atoms in total. The molecule has 0 atom stereocenters. The summed E-state index contributed by atoms with van der Waals surface area (Å²) in [7, 11) is 1.79. The van der Waals surface area contributed by atoms with E-state index in [1.165, 1.54) is 5.56 Å². The Hall–Kier alpha value is -2.25. The van der Waals surface area contributed by atoms with E-state index in [0.29, 0.717) is 12.2 Å². The SMILES string of the molecule is CCc1cccc2sc(N(CCN(CC)CC)C(=O)c3ccnn3C)nc12. The Balaban J connectivity index is 1.98. The third kappa shape index (κ3) is 4.04. The van der Waals surface area contributed by atoms with Crippen molar-refractivity contribution in [1.29, 1.82) is 0 Å². The topological polar surface area (TPSA) is 54.3 Å². The van der Waals surface area contributed by atoms with Gasteiger partial charge in [-0.05, 0) is 37.2 Å². The van der Waals surface area contributed by atoms with Crippen molar-refractivity contribution in [2.75, 3.05) is 31.1 Å². The molecule has 2 aromatic heterocycles. The summed E-state index contributed by atoms with van der Waals surface area (Å²) in [5, 5.41) is 4.91. The zero-order chi connectivity index (χ0) is 19.4. The Morgan fingerprint density at radius 2 is 1.93 bits per heavy atom. The number of thiazole rings is 1. The van der Waals surface area contributed by atoms with Gasteiger partial charge in [-0.3, -0.25) is 14.4 Å². The van der Waals surface area contributed by atoms with Gasteiger partial charge in [0.05, 0.1) is 10.2 Å². The van der Waals surface area contributed by atoms with Crippen LogP contribution >= 0.6 is 11.3 Å². The van der Waals surface area contributed by atoms with Gasteiger partial charge >= 0.3 is 0 Å². The lowest BCUT2D eigenvalue weighted by Crippen LogP contribution is -2.39. The highest BCUT2D eigenvalue weighted by Crippen LogP contribution is 2.31. The standard InChI is InChI=1S/C20H27N5OS/c1-5-15-9-8-10-17-18(15)22-20(27-17)25(14-13-24(6-2)7-3)19(26)16-11-12-21-23(16)4/h8-12H,5-7,13-14H2,1-4H3. The van der Waals surface area contributed by atoms with Crippen LogP contribution in [0.3, 0.4) is 0 Å². The predicted molar refractivity (Wildman–Crippen MR) is 112 cm³/mol. The molecule has 2 heterocycles. The first-order valence-electron chi connectivity index (χ1n) is 9.49. The second-order valence-electron chi connectivity index (χ2n) is 6.44. The van der Waals surface area contributed by atoms with Crippen molar-refractivity contribution >= 4 is 32.6 Å². The molecule has 0 radical (unpaired) electrons. The molecule has 1 amide bonds. The van der Waals surface area contributed by atoms with E-state index in [1.807, 2.05) is 0 Å². The quantitative estimate of drug-likeness (QED) is 0.595. The molecular weight excluding hydrogens is 358 g/mol. The second kappa shape index (κ2) is 8.63. The highest BCUT2D eigenvalue weighted by Gasteiger charge is 2.24. The van der Waals surface area contributed by atoms with Gasteiger partial charge in [-0.25, -0.2) is 4.98 Å². The maximum Gasteiger partial charge on any atom is 0.278 e. The van der Waals surface area contributed by atoms with Crippen LogP contribution in [0.1, 0.15) is 36.8 Å². The maximum atomic E-state index is 13.3. The average molecular weight is 386 g/mol. The number of anilines is 1. The number of rotatable bonds is 8. The number of nitrogens with zero attached hydrogens (tertiary/aromatic N) is 5. The van der Waals surface area contributed by atoms with Gasteiger partial charge in [-0.1, -0.05) is 44.2 Å². The minimum absolute atomic E-state index is 0.0562. The van der Waals surface area contributed by atoms with Gasteiger partial charge in [-0.2, -0.15) is 5.10 Å². The fourth-order valence-electron chi connectivity index (χ4n) is 3.18. The van der Waals surface area contributed by atoms with E-state index in [0.717, 1.165) is 41.4 Å². The minimum Gasteiger partial charge on any atom is -0.302 e. The van der Waals surface area contributed by atoms with Crippen molar-refractivity contribution in [2.45, 2.75) is 27.2 Å². The summed E-state index contributed by atoms with van der Waals surface area (Å²) in [6.07, 6.45) is 2.58. The molecule has 0 bridgehead atoms. The van der Waals surface area contributed by atoms with E-state index in [4.69, 9.17) is 4.98 Å². The van der Waals surface area contributed by atoms with Gasteiger partial charge in [0.1, 0.15) is 5.69 Å². The molecule has 0 unspecified atom stereocenters. The smallest absolute Gasteiger partial charge is 0.278 e. The van der Waals surface area contributed by atoms with E-state index in [1.54, 1.807) is 40.2 Å². The van der Waals surface area contributed by atoms with Crippen molar-refractivity contribution < 1.29 is 4.79 Å². The van der Waals surface area contributed by atoms with Gasteiger partial charge < -0.3 is 4.90 Å². The van der Waals surface area contributed by atoms with Crippen LogP contribution in [0.2, 0.25) is 0 Å². The largest absolute Gasteiger partial charge is 0.302 e. The minimum atomic E-state index is -0.0562. The van der Waals surface area contributed by atoms with Gasteiger partial charge in [0.25, 0.3) is 5.91 Å². The molecule has 0 saturated carbocycles. The first-order valence-corrected chi connectivity index (χ1v) is 10.3. The first-order chi connectivity index (χ1) is 13.1. The van der Waals surface area contributed by atoms with E-state index in [9.17, 15) is 4.79 Å². The van der Waals surface area contributed by atoms with Crippen molar-refractivity contribution in [2.24, 2.45) is 7.05 Å². The fraction of sp³-hybridized carbons (Fsp3) is 0.450. The van der Waals surface area contributed by atoms with E-state index in [2.05, 4.69) is 49.0 Å². The number of carbonyl (C=O) groups is 1. The lowest BCUT2D eigenvalue weighted by atomic mass is 10.1. The number of fused-ring (bicyclic) bond motifs is 1. The molecule has 0 aliphatic heterocycles. The number of aromatic nitrogens is 3. The third-order valence-corrected chi connectivity index (χ3v) is 5.97. The van der Waals surface area contributed by atoms with Crippen LogP contribution < -0.4 is 4.90 Å². The number of likely N-dealkylation sites (N-methyl/N-ethyl adjacent to an activating group) is 1. The van der Waals surface area contributed by atoms with Gasteiger partial charge in [0.2, 0.25) is 0 Å². The number of hydrogen-bond donors (Lipinski definition) is 0. The number of aryl methyl sites for hydroxylation is 2. The zero-order valence-electron chi connectivity index (χ0n) is 16.5. The summed E-state index contributed by atoms with van der Waals surface area (Å²) in [5.41, 5.74) is 2.79. The summed E-state index contributed by atoms with van der Waals surface area (Å²) in [4.78, 5) is 22.2. The van der Waals surface area contributed by atoms with Crippen LogP contribution in [-0.4, -0.2) is 51.8 Å². The summed E-state index contributed by atoms with van der Waals surface area (Å²) >= 11 is 1.58. The van der Waals surface area contributed by atoms with Crippen LogP contribution in [0.25, 0.3) is 10.2 Å². The van der Waals surface area contributed by atoms with Crippen LogP contribution in [0.4, 0.5) is 5.13 Å². The van der Waals surface area contributed by atoms with Gasteiger partial charge in [0.15, 0.2) is 5.13 Å². The number of para-hydroxylation sites is 1. The summed E-state index contributed by atoms with van der Waals surface area (Å²) in [6, 6.07) is 8.01. The van der Waals surface area contributed by atoms with Crippen LogP contribution in [0.5, 0.6) is 0 Å². The monoisotopic (exact) mass is 385 g/mol. The Labute approximate surface area is 164 Å².